The van der Waals surface area contributed by atoms with Crippen LogP contribution >= 0.6 is 0 Å². The van der Waals surface area contributed by atoms with E-state index >= 15 is 0 Å². The van der Waals surface area contributed by atoms with Crippen molar-refractivity contribution in [3.8, 4) is 11.5 Å². The molecule has 0 aliphatic rings. The molecule has 1 amide bonds. The third kappa shape index (κ3) is 8.50. The molecule has 2 aromatic rings. The third-order valence-electron chi connectivity index (χ3n) is 4.49. The average Bonchev–Trinajstić information content (AvgIpc) is 2.79. The Labute approximate surface area is 182 Å². The number of benzene rings is 2. The van der Waals surface area contributed by atoms with Gasteiger partial charge < -0.3 is 19.5 Å². The fourth-order valence-electron chi connectivity index (χ4n) is 2.79. The number of methoxy groups -OCH3 is 1. The fraction of sp³-hybridized carbons (Fsp3) is 0.375. The zero-order valence-corrected chi connectivity index (χ0v) is 18.0. The molecular formula is C24H29NO6. The monoisotopic (exact) mass is 427 g/mol. The number of amides is 1. The van der Waals surface area contributed by atoms with Crippen LogP contribution in [0.15, 0.2) is 48.5 Å². The second-order valence-corrected chi connectivity index (χ2v) is 6.91. The van der Waals surface area contributed by atoms with Gasteiger partial charge in [-0.3, -0.25) is 14.4 Å². The molecule has 0 radical (unpaired) electrons. The van der Waals surface area contributed by atoms with Crippen molar-refractivity contribution in [2.24, 2.45) is 0 Å². The second-order valence-electron chi connectivity index (χ2n) is 6.91. The summed E-state index contributed by atoms with van der Waals surface area (Å²) in [6.45, 7) is 2.35. The van der Waals surface area contributed by atoms with Gasteiger partial charge in [0.05, 0.1) is 25.8 Å². The molecule has 31 heavy (non-hydrogen) atoms. The molecule has 0 bridgehead atoms. The Hall–Kier alpha value is -3.35. The quantitative estimate of drug-likeness (QED) is 0.289. The molecule has 7 nitrogen and oxygen atoms in total. The molecule has 1 N–H and O–H groups in total. The van der Waals surface area contributed by atoms with Gasteiger partial charge in [-0.25, -0.2) is 0 Å². The van der Waals surface area contributed by atoms with Gasteiger partial charge >= 0.3 is 5.97 Å². The molecule has 7 heteroatoms. The van der Waals surface area contributed by atoms with Crippen molar-refractivity contribution in [2.45, 2.75) is 39.0 Å². The van der Waals surface area contributed by atoms with Crippen molar-refractivity contribution in [3.63, 3.8) is 0 Å². The average molecular weight is 427 g/mol. The van der Waals surface area contributed by atoms with E-state index in [1.54, 1.807) is 48.5 Å². The highest BCUT2D eigenvalue weighted by molar-refractivity contribution is 5.98. The number of rotatable bonds is 13. The molecule has 2 aromatic carbocycles. The van der Waals surface area contributed by atoms with Crippen LogP contribution in [-0.4, -0.2) is 38.0 Å². The number of carbonyl (C=O) groups is 3. The fourth-order valence-corrected chi connectivity index (χ4v) is 2.79. The van der Waals surface area contributed by atoms with Crippen LogP contribution in [0.2, 0.25) is 0 Å². The first kappa shape index (κ1) is 23.9. The first-order valence-corrected chi connectivity index (χ1v) is 10.4. The maximum Gasteiger partial charge on any atom is 0.306 e. The van der Waals surface area contributed by atoms with Crippen molar-refractivity contribution in [3.05, 3.63) is 54.1 Å². The summed E-state index contributed by atoms with van der Waals surface area (Å²) >= 11 is 0. The van der Waals surface area contributed by atoms with Gasteiger partial charge in [0, 0.05) is 12.0 Å². The van der Waals surface area contributed by atoms with Crippen LogP contribution in [0.1, 0.15) is 49.4 Å². The summed E-state index contributed by atoms with van der Waals surface area (Å²) in [7, 11) is 1.50. The molecular weight excluding hydrogens is 398 g/mol. The second kappa shape index (κ2) is 13.1. The lowest BCUT2D eigenvalue weighted by molar-refractivity contribution is -0.147. The van der Waals surface area contributed by atoms with E-state index in [1.807, 2.05) is 0 Å². The van der Waals surface area contributed by atoms with E-state index in [-0.39, 0.29) is 18.6 Å². The predicted octanol–water partition coefficient (Wildman–Crippen LogP) is 4.41. The number of carbonyl (C=O) groups excluding carboxylic acids is 3. The van der Waals surface area contributed by atoms with Crippen LogP contribution in [0.4, 0.5) is 5.69 Å². The Morgan fingerprint density at radius 2 is 1.68 bits per heavy atom. The topological polar surface area (TPSA) is 90.9 Å². The number of hydrogen-bond donors (Lipinski definition) is 1. The maximum absolute atomic E-state index is 12.3. The minimum absolute atomic E-state index is 0.00364. The summed E-state index contributed by atoms with van der Waals surface area (Å²) in [6.07, 6.45) is 3.15. The van der Waals surface area contributed by atoms with Gasteiger partial charge in [-0.15, -0.1) is 0 Å². The lowest BCUT2D eigenvalue weighted by Gasteiger charge is -2.10. The van der Waals surface area contributed by atoms with Gasteiger partial charge in [-0.2, -0.15) is 0 Å². The van der Waals surface area contributed by atoms with Crippen LogP contribution in [-0.2, 0) is 14.3 Å². The number of para-hydroxylation sites is 2. The van der Waals surface area contributed by atoms with Gasteiger partial charge in [-0.05, 0) is 42.8 Å². The molecule has 0 aliphatic heterocycles. The number of unbranched alkanes of at least 4 members (excludes halogenated alkanes) is 2. The summed E-state index contributed by atoms with van der Waals surface area (Å²) in [6, 6.07) is 13.8. The van der Waals surface area contributed by atoms with Gasteiger partial charge in [0.25, 0.3) is 5.91 Å². The van der Waals surface area contributed by atoms with Crippen molar-refractivity contribution in [1.82, 2.24) is 0 Å². The number of ketones is 1. The third-order valence-corrected chi connectivity index (χ3v) is 4.49. The van der Waals surface area contributed by atoms with Crippen LogP contribution in [0, 0.1) is 0 Å². The Balaban J connectivity index is 1.70. The molecule has 0 heterocycles. The standard InChI is InChI=1S/C24H29NO6/c1-3-4-7-16-30-19-12-10-18(11-13-19)21(26)14-15-24(28)31-17-23(27)25-20-8-5-6-9-22(20)29-2/h5-6,8-13H,3-4,7,14-17H2,1-2H3,(H,25,27). The molecule has 166 valence electrons. The van der Waals surface area contributed by atoms with Crippen LogP contribution in [0.25, 0.3) is 0 Å². The normalized spacial score (nSPS) is 10.3. The Bertz CT molecular complexity index is 863. The zero-order chi connectivity index (χ0) is 22.5. The molecule has 0 saturated heterocycles. The maximum atomic E-state index is 12.3. The number of anilines is 1. The molecule has 0 aliphatic carbocycles. The molecule has 0 spiro atoms. The Kier molecular flexibility index (Phi) is 10.1. The summed E-state index contributed by atoms with van der Waals surface area (Å²) in [5.74, 6) is -0.0515. The number of hydrogen-bond acceptors (Lipinski definition) is 6. The number of Topliss-reactive ketones (excluding diaryl/α,β-unsaturated/α-hetero) is 1. The molecule has 0 aromatic heterocycles. The Morgan fingerprint density at radius 3 is 2.39 bits per heavy atom. The Morgan fingerprint density at radius 1 is 0.935 bits per heavy atom. The molecule has 2 rings (SSSR count). The number of ether oxygens (including phenoxy) is 3. The van der Waals surface area contributed by atoms with Crippen molar-refractivity contribution < 1.29 is 28.6 Å². The van der Waals surface area contributed by atoms with Crippen LogP contribution in [0.3, 0.4) is 0 Å². The van der Waals surface area contributed by atoms with Crippen molar-refractivity contribution in [1.29, 1.82) is 0 Å². The summed E-state index contributed by atoms with van der Waals surface area (Å²) < 4.78 is 15.7. The molecule has 0 fully saturated rings. The highest BCUT2D eigenvalue weighted by Crippen LogP contribution is 2.22. The summed E-state index contributed by atoms with van der Waals surface area (Å²) in [4.78, 5) is 36.1. The van der Waals surface area contributed by atoms with Crippen LogP contribution in [0.5, 0.6) is 11.5 Å². The van der Waals surface area contributed by atoms with Crippen molar-refractivity contribution in [2.75, 3.05) is 25.6 Å². The molecule has 0 unspecified atom stereocenters. The minimum atomic E-state index is -0.612. The van der Waals surface area contributed by atoms with E-state index in [4.69, 9.17) is 14.2 Å². The summed E-state index contributed by atoms with van der Waals surface area (Å²) in [5, 5.41) is 2.61. The summed E-state index contributed by atoms with van der Waals surface area (Å²) in [5.41, 5.74) is 0.988. The minimum Gasteiger partial charge on any atom is -0.495 e. The molecule has 0 atom stereocenters. The van der Waals surface area contributed by atoms with E-state index in [0.717, 1.165) is 19.3 Å². The van der Waals surface area contributed by atoms with Gasteiger partial charge in [0.15, 0.2) is 12.4 Å². The largest absolute Gasteiger partial charge is 0.495 e. The van der Waals surface area contributed by atoms with E-state index in [2.05, 4.69) is 12.2 Å². The predicted molar refractivity (Wildman–Crippen MR) is 118 cm³/mol. The van der Waals surface area contributed by atoms with Crippen molar-refractivity contribution >= 4 is 23.3 Å². The smallest absolute Gasteiger partial charge is 0.306 e. The van der Waals surface area contributed by atoms with E-state index in [1.165, 1.54) is 7.11 Å². The van der Waals surface area contributed by atoms with Gasteiger partial charge in [-0.1, -0.05) is 31.9 Å². The van der Waals surface area contributed by atoms with E-state index in [0.29, 0.717) is 29.4 Å². The first-order chi connectivity index (χ1) is 15.0. The van der Waals surface area contributed by atoms with Gasteiger partial charge in [0.1, 0.15) is 11.5 Å². The molecule has 0 saturated carbocycles. The number of nitrogens with one attached hydrogen (secondary N) is 1. The first-order valence-electron chi connectivity index (χ1n) is 10.4. The SMILES string of the molecule is CCCCCOc1ccc(C(=O)CCC(=O)OCC(=O)Nc2ccccc2OC)cc1. The van der Waals surface area contributed by atoms with E-state index < -0.39 is 18.5 Å². The van der Waals surface area contributed by atoms with E-state index in [9.17, 15) is 14.4 Å². The van der Waals surface area contributed by atoms with Crippen LogP contribution < -0.4 is 14.8 Å². The highest BCUT2D eigenvalue weighted by Gasteiger charge is 2.13. The lowest BCUT2D eigenvalue weighted by Crippen LogP contribution is -2.21. The zero-order valence-electron chi connectivity index (χ0n) is 18.0. The highest BCUT2D eigenvalue weighted by atomic mass is 16.5. The lowest BCUT2D eigenvalue weighted by atomic mass is 10.1. The van der Waals surface area contributed by atoms with Gasteiger partial charge in [0.2, 0.25) is 0 Å². The number of esters is 1.